The molecule has 7 N–H and O–H groups in total. The second-order valence-electron chi connectivity index (χ2n) is 7.64. The molecule has 178 valence electrons. The van der Waals surface area contributed by atoms with E-state index in [0.717, 1.165) is 5.56 Å². The molecule has 1 aromatic carbocycles. The lowest BCUT2D eigenvalue weighted by molar-refractivity contribution is -0.323. The Morgan fingerprint density at radius 3 is 1.94 bits per heavy atom. The van der Waals surface area contributed by atoms with Crippen molar-refractivity contribution in [2.75, 3.05) is 13.2 Å². The fourth-order valence-electron chi connectivity index (χ4n) is 3.46. The predicted octanol–water partition coefficient (Wildman–Crippen LogP) is -3.24. The lowest BCUT2D eigenvalue weighted by Gasteiger charge is -2.42. The first-order valence-electron chi connectivity index (χ1n) is 10.0. The van der Waals surface area contributed by atoms with Crippen LogP contribution < -0.4 is 4.74 Å². The number of hydrogen-bond acceptors (Lipinski definition) is 12. The maximum atomic E-state index is 10.2. The van der Waals surface area contributed by atoms with E-state index in [4.69, 9.17) is 24.2 Å². The molecule has 2 fully saturated rings. The highest BCUT2D eigenvalue weighted by molar-refractivity contribution is 5.28. The molecule has 10 atom stereocenters. The van der Waals surface area contributed by atoms with Crippen molar-refractivity contribution in [1.29, 1.82) is 5.26 Å². The molecule has 2 aliphatic heterocycles. The molecule has 12 heteroatoms. The van der Waals surface area contributed by atoms with Gasteiger partial charge in [-0.15, -0.1) is 0 Å². The van der Waals surface area contributed by atoms with Crippen LogP contribution >= 0.6 is 0 Å². The minimum Gasteiger partial charge on any atom is -0.462 e. The summed E-state index contributed by atoms with van der Waals surface area (Å²) >= 11 is 0. The molecule has 0 radical (unpaired) electrons. The van der Waals surface area contributed by atoms with Crippen LogP contribution in [0.3, 0.4) is 0 Å². The monoisotopic (exact) mass is 457 g/mol. The van der Waals surface area contributed by atoms with Gasteiger partial charge < -0.3 is 54.7 Å². The summed E-state index contributed by atoms with van der Waals surface area (Å²) in [5.41, 5.74) is 0.756. The molecule has 0 bridgehead atoms. The fourth-order valence-corrected chi connectivity index (χ4v) is 3.46. The van der Waals surface area contributed by atoms with Crippen LogP contribution in [0.5, 0.6) is 5.75 Å². The number of hydrogen-bond donors (Lipinski definition) is 7. The van der Waals surface area contributed by atoms with Crippen molar-refractivity contribution in [1.82, 2.24) is 0 Å². The molecule has 2 heterocycles. The lowest BCUT2D eigenvalue weighted by atomic mass is 9.98. The van der Waals surface area contributed by atoms with Crippen LogP contribution in [0.25, 0.3) is 0 Å². The van der Waals surface area contributed by atoms with Gasteiger partial charge in [0.25, 0.3) is 0 Å². The molecule has 0 saturated carbocycles. The van der Waals surface area contributed by atoms with Gasteiger partial charge in [-0.05, 0) is 17.7 Å². The van der Waals surface area contributed by atoms with E-state index in [0.29, 0.717) is 0 Å². The number of benzene rings is 1. The second kappa shape index (κ2) is 10.8. The smallest absolute Gasteiger partial charge is 0.229 e. The zero-order valence-corrected chi connectivity index (χ0v) is 16.9. The van der Waals surface area contributed by atoms with Crippen LogP contribution in [0.15, 0.2) is 24.3 Å². The van der Waals surface area contributed by atoms with E-state index < -0.39 is 74.6 Å². The molecule has 10 unspecified atom stereocenters. The van der Waals surface area contributed by atoms with Gasteiger partial charge in [0, 0.05) is 0 Å². The molecule has 0 amide bonds. The maximum absolute atomic E-state index is 10.2. The lowest BCUT2D eigenvalue weighted by Crippen LogP contribution is -2.62. The summed E-state index contributed by atoms with van der Waals surface area (Å²) in [4.78, 5) is 0. The Morgan fingerprint density at radius 2 is 1.34 bits per heavy atom. The van der Waals surface area contributed by atoms with E-state index >= 15 is 0 Å². The average Bonchev–Trinajstić information content (AvgIpc) is 2.79. The minimum atomic E-state index is -1.65. The number of ether oxygens (including phenoxy) is 4. The highest BCUT2D eigenvalue weighted by atomic mass is 16.7. The van der Waals surface area contributed by atoms with Crippen molar-refractivity contribution < 1.29 is 54.7 Å². The zero-order chi connectivity index (χ0) is 23.4. The van der Waals surface area contributed by atoms with Gasteiger partial charge in [-0.25, -0.2) is 0 Å². The van der Waals surface area contributed by atoms with Crippen LogP contribution in [-0.2, 0) is 20.6 Å². The standard InChI is InChI=1S/C20H27NO11/c21-6-5-9-1-3-10(4-2-9)30-20-18(28)16(26)14(24)12(32-20)8-29-19-17(27)15(25)13(23)11(7-22)31-19/h1-4,11-20,22-28H,5,7-8H2. The number of nitriles is 1. The van der Waals surface area contributed by atoms with Gasteiger partial charge >= 0.3 is 0 Å². The number of nitrogens with zero attached hydrogens (tertiary/aromatic N) is 1. The van der Waals surface area contributed by atoms with Crippen LogP contribution in [0, 0.1) is 11.3 Å². The zero-order valence-electron chi connectivity index (χ0n) is 16.9. The summed E-state index contributed by atoms with van der Waals surface area (Å²) in [6.45, 7) is -1.09. The van der Waals surface area contributed by atoms with Gasteiger partial charge in [-0.2, -0.15) is 5.26 Å². The number of aliphatic hydroxyl groups excluding tert-OH is 7. The Bertz CT molecular complexity index is 770. The maximum Gasteiger partial charge on any atom is 0.229 e. The summed E-state index contributed by atoms with van der Waals surface area (Å²) in [6.07, 6.45) is -14.7. The predicted molar refractivity (Wildman–Crippen MR) is 103 cm³/mol. The number of rotatable bonds is 7. The third-order valence-corrected chi connectivity index (χ3v) is 5.40. The van der Waals surface area contributed by atoms with Crippen LogP contribution in [-0.4, -0.2) is 110 Å². The van der Waals surface area contributed by atoms with Gasteiger partial charge in [-0.3, -0.25) is 0 Å². The van der Waals surface area contributed by atoms with Crippen LogP contribution in [0.1, 0.15) is 5.56 Å². The van der Waals surface area contributed by atoms with Crippen molar-refractivity contribution in [2.24, 2.45) is 0 Å². The molecule has 0 spiro atoms. The van der Waals surface area contributed by atoms with Crippen molar-refractivity contribution in [2.45, 2.75) is 67.8 Å². The van der Waals surface area contributed by atoms with Gasteiger partial charge in [0.2, 0.25) is 6.29 Å². The largest absolute Gasteiger partial charge is 0.462 e. The summed E-state index contributed by atoms with van der Waals surface area (Å²) in [5.74, 6) is 0.285. The molecule has 2 saturated heterocycles. The van der Waals surface area contributed by atoms with E-state index in [9.17, 15) is 35.7 Å². The van der Waals surface area contributed by atoms with E-state index in [1.54, 1.807) is 24.3 Å². The fraction of sp³-hybridized carbons (Fsp3) is 0.650. The minimum absolute atomic E-state index is 0.213. The van der Waals surface area contributed by atoms with E-state index in [1.165, 1.54) is 0 Å². The second-order valence-corrected chi connectivity index (χ2v) is 7.64. The SMILES string of the molecule is N#CCc1ccc(OC2OC(COC3OC(CO)C(O)C(O)C3O)C(O)C(O)C2O)cc1. The molecule has 32 heavy (non-hydrogen) atoms. The van der Waals surface area contributed by atoms with Gasteiger partial charge in [0.05, 0.1) is 25.7 Å². The van der Waals surface area contributed by atoms with Gasteiger partial charge in [0.1, 0.15) is 54.6 Å². The molecule has 0 aromatic heterocycles. The normalized spacial score (nSPS) is 39.9. The third-order valence-electron chi connectivity index (χ3n) is 5.40. The highest BCUT2D eigenvalue weighted by Crippen LogP contribution is 2.27. The molecule has 1 aromatic rings. The quantitative estimate of drug-likeness (QED) is 0.216. The van der Waals surface area contributed by atoms with Gasteiger partial charge in [-0.1, -0.05) is 12.1 Å². The molecule has 2 aliphatic rings. The Labute approximate surface area is 183 Å². The molecular formula is C20H27NO11. The summed E-state index contributed by atoms with van der Waals surface area (Å²) in [5, 5.41) is 78.3. The van der Waals surface area contributed by atoms with E-state index in [2.05, 4.69) is 0 Å². The van der Waals surface area contributed by atoms with E-state index in [1.807, 2.05) is 6.07 Å². The summed E-state index contributed by atoms with van der Waals surface area (Å²) in [7, 11) is 0. The van der Waals surface area contributed by atoms with Gasteiger partial charge in [0.15, 0.2) is 6.29 Å². The van der Waals surface area contributed by atoms with E-state index in [-0.39, 0.29) is 12.2 Å². The third kappa shape index (κ3) is 5.36. The van der Waals surface area contributed by atoms with Crippen LogP contribution in [0.2, 0.25) is 0 Å². The summed E-state index contributed by atoms with van der Waals surface area (Å²) in [6, 6.07) is 8.43. The summed E-state index contributed by atoms with van der Waals surface area (Å²) < 4.78 is 21.7. The van der Waals surface area contributed by atoms with Crippen molar-refractivity contribution in [3.05, 3.63) is 29.8 Å². The average molecular weight is 457 g/mol. The topological polar surface area (TPSA) is 202 Å². The molecule has 3 rings (SSSR count). The Balaban J connectivity index is 1.63. The highest BCUT2D eigenvalue weighted by Gasteiger charge is 2.47. The van der Waals surface area contributed by atoms with Crippen molar-refractivity contribution in [3.63, 3.8) is 0 Å². The first-order chi connectivity index (χ1) is 15.3. The van der Waals surface area contributed by atoms with Crippen molar-refractivity contribution >= 4 is 0 Å². The first-order valence-corrected chi connectivity index (χ1v) is 10.0. The van der Waals surface area contributed by atoms with Crippen molar-refractivity contribution in [3.8, 4) is 11.8 Å². The molecule has 12 nitrogen and oxygen atoms in total. The Hall–Kier alpha value is -1.89. The number of aliphatic hydroxyl groups is 7. The molecule has 0 aliphatic carbocycles. The first kappa shape index (κ1) is 24.7. The molecular weight excluding hydrogens is 430 g/mol. The Kier molecular flexibility index (Phi) is 8.37. The van der Waals surface area contributed by atoms with Crippen LogP contribution in [0.4, 0.5) is 0 Å². The Morgan fingerprint density at radius 1 is 0.781 bits per heavy atom.